The van der Waals surface area contributed by atoms with Gasteiger partial charge < -0.3 is 4.90 Å². The molecule has 1 N–H and O–H groups in total. The van der Waals surface area contributed by atoms with Crippen LogP contribution in [0.3, 0.4) is 0 Å². The van der Waals surface area contributed by atoms with Crippen molar-refractivity contribution in [1.29, 1.82) is 0 Å². The van der Waals surface area contributed by atoms with Crippen LogP contribution in [0.1, 0.15) is 37.0 Å². The Morgan fingerprint density at radius 1 is 1.24 bits per heavy atom. The molecule has 0 radical (unpaired) electrons. The first-order valence-corrected chi connectivity index (χ1v) is 9.65. The van der Waals surface area contributed by atoms with Crippen molar-refractivity contribution in [2.24, 2.45) is 5.92 Å². The molecule has 8 nitrogen and oxygen atoms in total. The van der Waals surface area contributed by atoms with E-state index in [1.807, 2.05) is 18.2 Å². The second-order valence-electron chi connectivity index (χ2n) is 8.47. The molecule has 0 unspecified atom stereocenters. The molecule has 1 amide bonds. The standard InChI is InChI=1S/C21H24N6O2/c1-21(2,3)18-9-17(23-24-18)20(29)26-11-14(12-26)13-27-19(28)7-6-16(25-27)15-5-4-8-22-10-15/h4-10,14H,11-13H2,1-3H3,(H,23,24). The van der Waals surface area contributed by atoms with E-state index in [2.05, 4.69) is 41.1 Å². The second-order valence-corrected chi connectivity index (χ2v) is 8.47. The molecule has 1 aliphatic heterocycles. The highest BCUT2D eigenvalue weighted by Gasteiger charge is 2.33. The van der Waals surface area contributed by atoms with Gasteiger partial charge in [-0.2, -0.15) is 10.2 Å². The summed E-state index contributed by atoms with van der Waals surface area (Å²) < 4.78 is 1.47. The van der Waals surface area contributed by atoms with E-state index in [9.17, 15) is 9.59 Å². The molecule has 4 heterocycles. The van der Waals surface area contributed by atoms with E-state index in [1.54, 1.807) is 23.4 Å². The number of pyridine rings is 1. The van der Waals surface area contributed by atoms with E-state index >= 15 is 0 Å². The largest absolute Gasteiger partial charge is 0.336 e. The van der Waals surface area contributed by atoms with E-state index in [1.165, 1.54) is 10.7 Å². The van der Waals surface area contributed by atoms with Crippen LogP contribution in [0.4, 0.5) is 0 Å². The van der Waals surface area contributed by atoms with Crippen LogP contribution in [-0.2, 0) is 12.0 Å². The first-order chi connectivity index (χ1) is 13.8. The predicted molar refractivity (Wildman–Crippen MR) is 108 cm³/mol. The lowest BCUT2D eigenvalue weighted by atomic mass is 9.92. The number of rotatable bonds is 4. The van der Waals surface area contributed by atoms with Gasteiger partial charge in [0.1, 0.15) is 5.69 Å². The van der Waals surface area contributed by atoms with Crippen molar-refractivity contribution >= 4 is 5.91 Å². The van der Waals surface area contributed by atoms with E-state index in [4.69, 9.17) is 0 Å². The summed E-state index contributed by atoms with van der Waals surface area (Å²) in [6, 6.07) is 8.79. The summed E-state index contributed by atoms with van der Waals surface area (Å²) in [4.78, 5) is 30.7. The number of carbonyl (C=O) groups is 1. The summed E-state index contributed by atoms with van der Waals surface area (Å²) >= 11 is 0. The van der Waals surface area contributed by atoms with Crippen molar-refractivity contribution in [3.63, 3.8) is 0 Å². The summed E-state index contributed by atoms with van der Waals surface area (Å²) in [6.07, 6.45) is 3.42. The van der Waals surface area contributed by atoms with Gasteiger partial charge in [0.05, 0.1) is 12.2 Å². The Labute approximate surface area is 168 Å². The van der Waals surface area contributed by atoms with Crippen molar-refractivity contribution in [3.8, 4) is 11.3 Å². The third-order valence-electron chi connectivity index (χ3n) is 5.10. The maximum absolute atomic E-state index is 12.6. The van der Waals surface area contributed by atoms with Crippen molar-refractivity contribution in [1.82, 2.24) is 29.9 Å². The van der Waals surface area contributed by atoms with Crippen LogP contribution in [0.5, 0.6) is 0 Å². The monoisotopic (exact) mass is 392 g/mol. The Morgan fingerprint density at radius 2 is 2.03 bits per heavy atom. The Morgan fingerprint density at radius 3 is 2.69 bits per heavy atom. The Hall–Kier alpha value is -3.29. The molecule has 150 valence electrons. The van der Waals surface area contributed by atoms with Gasteiger partial charge >= 0.3 is 0 Å². The van der Waals surface area contributed by atoms with Crippen LogP contribution < -0.4 is 5.56 Å². The number of hydrogen-bond donors (Lipinski definition) is 1. The molecule has 1 fully saturated rings. The lowest BCUT2D eigenvalue weighted by Gasteiger charge is -2.38. The van der Waals surface area contributed by atoms with E-state index < -0.39 is 0 Å². The fraction of sp³-hybridized carbons (Fsp3) is 0.381. The highest BCUT2D eigenvalue weighted by Crippen LogP contribution is 2.23. The number of hydrogen-bond acceptors (Lipinski definition) is 5. The van der Waals surface area contributed by atoms with Crippen LogP contribution >= 0.6 is 0 Å². The molecule has 0 aliphatic carbocycles. The summed E-state index contributed by atoms with van der Waals surface area (Å²) in [5.74, 6) is 0.103. The normalized spacial score (nSPS) is 14.7. The molecule has 3 aromatic rings. The van der Waals surface area contributed by atoms with Crippen LogP contribution in [0.2, 0.25) is 0 Å². The SMILES string of the molecule is CC(C)(C)c1cc(C(=O)N2CC(Cn3nc(-c4cccnc4)ccc3=O)C2)n[nH]1. The minimum Gasteiger partial charge on any atom is -0.336 e. The van der Waals surface area contributed by atoms with Gasteiger partial charge in [0.15, 0.2) is 0 Å². The molecule has 8 heteroatoms. The van der Waals surface area contributed by atoms with Crippen molar-refractivity contribution in [2.45, 2.75) is 32.7 Å². The molecular weight excluding hydrogens is 368 g/mol. The van der Waals surface area contributed by atoms with Crippen molar-refractivity contribution in [3.05, 3.63) is 64.5 Å². The van der Waals surface area contributed by atoms with Gasteiger partial charge in [-0.3, -0.25) is 19.7 Å². The Kier molecular flexibility index (Phi) is 4.77. The molecule has 1 saturated heterocycles. The second kappa shape index (κ2) is 7.27. The minimum absolute atomic E-state index is 0.0857. The summed E-state index contributed by atoms with van der Waals surface area (Å²) in [5.41, 5.74) is 2.69. The molecule has 29 heavy (non-hydrogen) atoms. The lowest BCUT2D eigenvalue weighted by molar-refractivity contribution is 0.0452. The third kappa shape index (κ3) is 3.96. The number of aromatic amines is 1. The zero-order valence-corrected chi connectivity index (χ0v) is 16.8. The number of amides is 1. The van der Waals surface area contributed by atoms with Crippen molar-refractivity contribution in [2.75, 3.05) is 13.1 Å². The maximum Gasteiger partial charge on any atom is 0.274 e. The molecule has 0 saturated carbocycles. The van der Waals surface area contributed by atoms with E-state index in [0.29, 0.717) is 31.0 Å². The van der Waals surface area contributed by atoms with Gasteiger partial charge in [-0.1, -0.05) is 20.8 Å². The minimum atomic E-state index is -0.149. The first kappa shape index (κ1) is 19.0. The average molecular weight is 392 g/mol. The van der Waals surface area contributed by atoms with Gasteiger partial charge in [0.25, 0.3) is 11.5 Å². The topological polar surface area (TPSA) is 96.8 Å². The Bertz CT molecular complexity index is 1070. The van der Waals surface area contributed by atoms with Crippen molar-refractivity contribution < 1.29 is 4.79 Å². The van der Waals surface area contributed by atoms with E-state index in [0.717, 1.165) is 11.3 Å². The molecule has 0 aromatic carbocycles. The molecule has 3 aromatic heterocycles. The predicted octanol–water partition coefficient (Wildman–Crippen LogP) is 2.10. The third-order valence-corrected chi connectivity index (χ3v) is 5.10. The zero-order valence-electron chi connectivity index (χ0n) is 16.8. The highest BCUT2D eigenvalue weighted by molar-refractivity contribution is 5.93. The lowest BCUT2D eigenvalue weighted by Crippen LogP contribution is -2.52. The van der Waals surface area contributed by atoms with E-state index in [-0.39, 0.29) is 22.8 Å². The van der Waals surface area contributed by atoms with Crippen LogP contribution in [0.15, 0.2) is 47.5 Å². The molecule has 0 spiro atoms. The van der Waals surface area contributed by atoms with Gasteiger partial charge in [0.2, 0.25) is 0 Å². The number of nitrogens with zero attached hydrogens (tertiary/aromatic N) is 5. The average Bonchev–Trinajstić information content (AvgIpc) is 3.16. The van der Waals surface area contributed by atoms with Gasteiger partial charge in [-0.15, -0.1) is 0 Å². The molecular formula is C21H24N6O2. The highest BCUT2D eigenvalue weighted by atomic mass is 16.2. The molecule has 1 aliphatic rings. The first-order valence-electron chi connectivity index (χ1n) is 9.65. The molecule has 0 bridgehead atoms. The summed E-state index contributed by atoms with van der Waals surface area (Å²) in [5, 5.41) is 11.6. The number of H-pyrrole nitrogens is 1. The fourth-order valence-corrected chi connectivity index (χ4v) is 3.32. The zero-order chi connectivity index (χ0) is 20.6. The summed E-state index contributed by atoms with van der Waals surface area (Å²) in [7, 11) is 0. The quantitative estimate of drug-likeness (QED) is 0.733. The fourth-order valence-electron chi connectivity index (χ4n) is 3.32. The van der Waals surface area contributed by atoms with Crippen LogP contribution in [0.25, 0.3) is 11.3 Å². The van der Waals surface area contributed by atoms with Gasteiger partial charge in [0, 0.05) is 54.1 Å². The van der Waals surface area contributed by atoms with Gasteiger partial charge in [-0.05, 0) is 24.3 Å². The van der Waals surface area contributed by atoms with Crippen LogP contribution in [0, 0.1) is 5.92 Å². The van der Waals surface area contributed by atoms with Crippen LogP contribution in [-0.4, -0.2) is 48.9 Å². The summed E-state index contributed by atoms with van der Waals surface area (Å²) in [6.45, 7) is 7.85. The smallest absolute Gasteiger partial charge is 0.274 e. The number of aromatic nitrogens is 5. The Balaban J connectivity index is 1.40. The number of nitrogens with one attached hydrogen (secondary N) is 1. The molecule has 4 rings (SSSR count). The number of carbonyl (C=O) groups excluding carboxylic acids is 1. The maximum atomic E-state index is 12.6. The van der Waals surface area contributed by atoms with Gasteiger partial charge in [-0.25, -0.2) is 4.68 Å². The molecule has 0 atom stereocenters. The number of likely N-dealkylation sites (tertiary alicyclic amines) is 1.